The van der Waals surface area contributed by atoms with E-state index in [1.807, 2.05) is 0 Å². The van der Waals surface area contributed by atoms with Gasteiger partial charge in [0.05, 0.1) is 18.8 Å². The number of hydrogen-bond acceptors (Lipinski definition) is 6. The molecule has 0 saturated carbocycles. The van der Waals surface area contributed by atoms with Crippen LogP contribution in [0.25, 0.3) is 0 Å². The van der Waals surface area contributed by atoms with Crippen molar-refractivity contribution in [3.63, 3.8) is 0 Å². The Kier molecular flexibility index (Phi) is 5.31. The van der Waals surface area contributed by atoms with Gasteiger partial charge in [0.2, 0.25) is 0 Å². The second kappa shape index (κ2) is 6.27. The summed E-state index contributed by atoms with van der Waals surface area (Å²) in [6.45, 7) is 0. The van der Waals surface area contributed by atoms with Crippen molar-refractivity contribution in [2.45, 2.75) is 11.0 Å². The molecule has 0 aromatic heterocycles. The molecule has 0 amide bonds. The lowest BCUT2D eigenvalue weighted by atomic mass is 10.1. The van der Waals surface area contributed by atoms with Gasteiger partial charge >= 0.3 is 11.9 Å². The zero-order chi connectivity index (χ0) is 11.3. The molecule has 0 spiro atoms. The average molecular weight is 250 g/mol. The van der Waals surface area contributed by atoms with Gasteiger partial charge in [-0.3, -0.25) is 9.59 Å². The molecule has 6 heteroatoms. The van der Waals surface area contributed by atoms with E-state index in [0.29, 0.717) is 11.0 Å². The van der Waals surface area contributed by atoms with Gasteiger partial charge in [0.1, 0.15) is 0 Å². The van der Waals surface area contributed by atoms with Crippen molar-refractivity contribution >= 4 is 35.5 Å². The van der Waals surface area contributed by atoms with E-state index in [2.05, 4.69) is 9.47 Å². The van der Waals surface area contributed by atoms with Crippen LogP contribution < -0.4 is 0 Å². The molecule has 1 heterocycles. The summed E-state index contributed by atoms with van der Waals surface area (Å²) in [5.74, 6) is 0.363. The zero-order valence-electron chi connectivity index (χ0n) is 8.73. The van der Waals surface area contributed by atoms with Gasteiger partial charge in [-0.1, -0.05) is 0 Å². The first-order valence-electron chi connectivity index (χ1n) is 4.58. The third-order valence-electron chi connectivity index (χ3n) is 2.09. The van der Waals surface area contributed by atoms with Gasteiger partial charge in [-0.15, -0.1) is 23.5 Å². The summed E-state index contributed by atoms with van der Waals surface area (Å²) in [7, 11) is 2.57. The molecule has 15 heavy (non-hydrogen) atoms. The lowest BCUT2D eigenvalue weighted by molar-refractivity contribution is -0.158. The minimum absolute atomic E-state index is 0.299. The third kappa shape index (κ3) is 3.61. The summed E-state index contributed by atoms with van der Waals surface area (Å²) in [5, 5.41) is 0. The maximum atomic E-state index is 11.4. The number of thioether (sulfide) groups is 2. The van der Waals surface area contributed by atoms with Crippen LogP contribution in [-0.2, 0) is 19.1 Å². The van der Waals surface area contributed by atoms with Crippen molar-refractivity contribution in [2.75, 3.05) is 25.7 Å². The summed E-state index contributed by atoms with van der Waals surface area (Å²) in [4.78, 5) is 22.7. The lowest BCUT2D eigenvalue weighted by Crippen LogP contribution is -2.28. The summed E-state index contributed by atoms with van der Waals surface area (Å²) in [6, 6.07) is 0. The fourth-order valence-corrected chi connectivity index (χ4v) is 4.22. The molecule has 1 fully saturated rings. The Hall–Kier alpha value is -0.360. The topological polar surface area (TPSA) is 52.6 Å². The van der Waals surface area contributed by atoms with Crippen LogP contribution in [0.5, 0.6) is 0 Å². The van der Waals surface area contributed by atoms with Crippen LogP contribution in [0.3, 0.4) is 0 Å². The van der Waals surface area contributed by atoms with Gasteiger partial charge in [0, 0.05) is 11.5 Å². The minimum Gasteiger partial charge on any atom is -0.468 e. The molecule has 86 valence electrons. The highest BCUT2D eigenvalue weighted by Crippen LogP contribution is 2.36. The maximum absolute atomic E-state index is 11.4. The monoisotopic (exact) mass is 250 g/mol. The molecule has 1 rings (SSSR count). The molecule has 0 unspecified atom stereocenters. The van der Waals surface area contributed by atoms with Crippen LogP contribution in [0.4, 0.5) is 0 Å². The molecule has 1 aliphatic rings. The standard InChI is InChI=1S/C9H14O4S2/c1-12-8(10)6(9(11)13-2)5-7-14-3-4-15-7/h6-7H,3-5H2,1-2H3. The Labute approximate surface area is 97.4 Å². The van der Waals surface area contributed by atoms with Crippen molar-refractivity contribution < 1.29 is 19.1 Å². The van der Waals surface area contributed by atoms with E-state index in [4.69, 9.17) is 0 Å². The van der Waals surface area contributed by atoms with E-state index in [1.54, 1.807) is 23.5 Å². The first kappa shape index (κ1) is 12.7. The fourth-order valence-electron chi connectivity index (χ4n) is 1.31. The molecule has 0 radical (unpaired) electrons. The van der Waals surface area contributed by atoms with E-state index in [9.17, 15) is 9.59 Å². The van der Waals surface area contributed by atoms with Crippen LogP contribution in [0.2, 0.25) is 0 Å². The van der Waals surface area contributed by atoms with Gasteiger partial charge in [0.25, 0.3) is 0 Å². The Morgan fingerprint density at radius 2 is 1.67 bits per heavy atom. The zero-order valence-corrected chi connectivity index (χ0v) is 10.4. The number of hydrogen-bond donors (Lipinski definition) is 0. The molecule has 0 aliphatic carbocycles. The van der Waals surface area contributed by atoms with Crippen LogP contribution in [0.15, 0.2) is 0 Å². The number of rotatable bonds is 4. The molecule has 0 aromatic carbocycles. The predicted octanol–water partition coefficient (Wildman–Crippen LogP) is 1.14. The molecule has 1 saturated heterocycles. The number of esters is 2. The Morgan fingerprint density at radius 1 is 1.20 bits per heavy atom. The molecule has 1 aliphatic heterocycles. The second-order valence-electron chi connectivity index (χ2n) is 3.01. The van der Waals surface area contributed by atoms with E-state index in [0.717, 1.165) is 11.5 Å². The van der Waals surface area contributed by atoms with E-state index in [-0.39, 0.29) is 0 Å². The highest BCUT2D eigenvalue weighted by molar-refractivity contribution is 8.20. The average Bonchev–Trinajstić information content (AvgIpc) is 2.76. The first-order chi connectivity index (χ1) is 7.19. The summed E-state index contributed by atoms with van der Waals surface area (Å²) >= 11 is 3.55. The van der Waals surface area contributed by atoms with Gasteiger partial charge in [-0.2, -0.15) is 0 Å². The van der Waals surface area contributed by atoms with Gasteiger partial charge in [-0.25, -0.2) is 0 Å². The van der Waals surface area contributed by atoms with Crippen LogP contribution in [0, 0.1) is 5.92 Å². The van der Waals surface area contributed by atoms with Gasteiger partial charge in [-0.05, 0) is 6.42 Å². The summed E-state index contributed by atoms with van der Waals surface area (Å²) < 4.78 is 9.47. The summed E-state index contributed by atoms with van der Waals surface area (Å²) in [5.41, 5.74) is 0. The first-order valence-corrected chi connectivity index (χ1v) is 6.67. The minimum atomic E-state index is -0.775. The van der Waals surface area contributed by atoms with Crippen molar-refractivity contribution in [1.29, 1.82) is 0 Å². The van der Waals surface area contributed by atoms with Crippen molar-refractivity contribution in [3.8, 4) is 0 Å². The third-order valence-corrected chi connectivity index (χ3v) is 5.17. The molecule has 0 atom stereocenters. The number of carbonyl (C=O) groups excluding carboxylic acids is 2. The van der Waals surface area contributed by atoms with Gasteiger partial charge in [0.15, 0.2) is 5.92 Å². The number of carbonyl (C=O) groups is 2. The predicted molar refractivity (Wildman–Crippen MR) is 60.8 cm³/mol. The van der Waals surface area contributed by atoms with Crippen molar-refractivity contribution in [2.24, 2.45) is 5.92 Å². The smallest absolute Gasteiger partial charge is 0.320 e. The quantitative estimate of drug-likeness (QED) is 0.551. The summed E-state index contributed by atoms with van der Waals surface area (Å²) in [6.07, 6.45) is 0.495. The highest BCUT2D eigenvalue weighted by atomic mass is 32.2. The van der Waals surface area contributed by atoms with E-state index >= 15 is 0 Å². The molecular weight excluding hydrogens is 236 g/mol. The van der Waals surface area contributed by atoms with Crippen LogP contribution in [0.1, 0.15) is 6.42 Å². The van der Waals surface area contributed by atoms with E-state index < -0.39 is 17.9 Å². The Morgan fingerprint density at radius 3 is 2.07 bits per heavy atom. The largest absolute Gasteiger partial charge is 0.468 e. The second-order valence-corrected chi connectivity index (χ2v) is 5.93. The molecule has 0 aromatic rings. The fraction of sp³-hybridized carbons (Fsp3) is 0.778. The SMILES string of the molecule is COC(=O)C(CC1SCCS1)C(=O)OC. The lowest BCUT2D eigenvalue weighted by Gasteiger charge is -2.15. The Bertz CT molecular complexity index is 222. The molecular formula is C9H14O4S2. The number of ether oxygens (including phenoxy) is 2. The van der Waals surface area contributed by atoms with Crippen LogP contribution in [-0.4, -0.2) is 42.2 Å². The van der Waals surface area contributed by atoms with Crippen molar-refractivity contribution in [3.05, 3.63) is 0 Å². The highest BCUT2D eigenvalue weighted by Gasteiger charge is 2.33. The van der Waals surface area contributed by atoms with E-state index in [1.165, 1.54) is 14.2 Å². The van der Waals surface area contributed by atoms with Gasteiger partial charge < -0.3 is 9.47 Å². The molecule has 0 N–H and O–H groups in total. The maximum Gasteiger partial charge on any atom is 0.320 e. The normalized spacial score (nSPS) is 16.7. The van der Waals surface area contributed by atoms with Crippen LogP contribution >= 0.6 is 23.5 Å². The molecule has 4 nitrogen and oxygen atoms in total. The number of methoxy groups -OCH3 is 2. The molecule has 0 bridgehead atoms. The Balaban J connectivity index is 2.55. The van der Waals surface area contributed by atoms with Crippen molar-refractivity contribution in [1.82, 2.24) is 0 Å².